The fraction of sp³-hybridized carbons (Fsp3) is 0.625. The second-order valence-corrected chi connectivity index (χ2v) is 5.78. The Kier molecular flexibility index (Phi) is 3.29. The lowest BCUT2D eigenvalue weighted by molar-refractivity contribution is -0.108. The van der Waals surface area contributed by atoms with E-state index in [4.69, 9.17) is 9.47 Å². The second kappa shape index (κ2) is 4.93. The molecule has 1 unspecified atom stereocenters. The summed E-state index contributed by atoms with van der Waals surface area (Å²) in [5.74, 6) is 1.00. The van der Waals surface area contributed by atoms with E-state index < -0.39 is 0 Å². The number of hydrogen-bond acceptors (Lipinski definition) is 2. The van der Waals surface area contributed by atoms with Crippen LogP contribution in [0, 0.1) is 6.92 Å². The van der Waals surface area contributed by atoms with Gasteiger partial charge in [-0.1, -0.05) is 30.5 Å². The molecule has 1 spiro atoms. The average Bonchev–Trinajstić information content (AvgIpc) is 2.80. The molecular formula is C16H22O2. The van der Waals surface area contributed by atoms with Gasteiger partial charge in [0.2, 0.25) is 0 Å². The zero-order valence-corrected chi connectivity index (χ0v) is 11.2. The third kappa shape index (κ3) is 2.54. The highest BCUT2D eigenvalue weighted by Gasteiger charge is 2.40. The molecule has 1 saturated carbocycles. The van der Waals surface area contributed by atoms with Crippen molar-refractivity contribution in [2.24, 2.45) is 0 Å². The van der Waals surface area contributed by atoms with E-state index in [9.17, 15) is 0 Å². The van der Waals surface area contributed by atoms with Crippen LogP contribution in [-0.2, 0) is 4.74 Å². The van der Waals surface area contributed by atoms with Gasteiger partial charge in [-0.25, -0.2) is 0 Å². The molecule has 0 radical (unpaired) electrons. The molecule has 1 aromatic rings. The summed E-state index contributed by atoms with van der Waals surface area (Å²) in [5, 5.41) is 0. The molecule has 18 heavy (non-hydrogen) atoms. The molecule has 0 bridgehead atoms. The van der Waals surface area contributed by atoms with Gasteiger partial charge < -0.3 is 9.47 Å². The van der Waals surface area contributed by atoms with Gasteiger partial charge in [-0.15, -0.1) is 0 Å². The van der Waals surface area contributed by atoms with Crippen molar-refractivity contribution in [1.82, 2.24) is 0 Å². The Hall–Kier alpha value is -1.02. The van der Waals surface area contributed by atoms with Gasteiger partial charge in [0.1, 0.15) is 11.9 Å². The van der Waals surface area contributed by atoms with Crippen molar-refractivity contribution >= 4 is 0 Å². The van der Waals surface area contributed by atoms with Crippen molar-refractivity contribution in [2.75, 3.05) is 6.61 Å². The van der Waals surface area contributed by atoms with E-state index in [1.807, 2.05) is 0 Å². The minimum Gasteiger partial charge on any atom is -0.490 e. The highest BCUT2D eigenvalue weighted by Crippen LogP contribution is 2.40. The van der Waals surface area contributed by atoms with Crippen LogP contribution >= 0.6 is 0 Å². The smallest absolute Gasteiger partial charge is 0.119 e. The predicted octanol–water partition coefficient (Wildman–Crippen LogP) is 3.87. The maximum absolute atomic E-state index is 6.12. The van der Waals surface area contributed by atoms with Crippen LogP contribution < -0.4 is 4.74 Å². The number of aryl methyl sites for hydroxylation is 1. The van der Waals surface area contributed by atoms with Crippen LogP contribution in [-0.4, -0.2) is 18.3 Å². The van der Waals surface area contributed by atoms with Crippen LogP contribution in [0.15, 0.2) is 24.3 Å². The summed E-state index contributed by atoms with van der Waals surface area (Å²) in [7, 11) is 0. The zero-order chi connectivity index (χ0) is 12.4. The summed E-state index contributed by atoms with van der Waals surface area (Å²) in [6.45, 7) is 2.96. The average molecular weight is 246 g/mol. The normalized spacial score (nSPS) is 26.4. The zero-order valence-electron chi connectivity index (χ0n) is 11.2. The molecule has 1 aliphatic carbocycles. The first-order valence-electron chi connectivity index (χ1n) is 7.13. The lowest BCUT2D eigenvalue weighted by atomic mass is 9.90. The van der Waals surface area contributed by atoms with Crippen molar-refractivity contribution in [2.45, 2.75) is 57.2 Å². The molecule has 1 heterocycles. The fourth-order valence-corrected chi connectivity index (χ4v) is 3.26. The van der Waals surface area contributed by atoms with Crippen LogP contribution in [0.4, 0.5) is 0 Å². The summed E-state index contributed by atoms with van der Waals surface area (Å²) in [6, 6.07) is 8.37. The van der Waals surface area contributed by atoms with Crippen LogP contribution in [0.3, 0.4) is 0 Å². The highest BCUT2D eigenvalue weighted by atomic mass is 16.5. The van der Waals surface area contributed by atoms with E-state index in [-0.39, 0.29) is 5.60 Å². The molecule has 0 amide bonds. The molecule has 1 aliphatic heterocycles. The molecule has 1 atom stereocenters. The molecule has 2 nitrogen and oxygen atoms in total. The van der Waals surface area contributed by atoms with Gasteiger partial charge in [-0.2, -0.15) is 0 Å². The van der Waals surface area contributed by atoms with Crippen molar-refractivity contribution in [3.05, 3.63) is 29.8 Å². The molecule has 1 aromatic carbocycles. The number of rotatable bonds is 2. The molecular weight excluding hydrogens is 224 g/mol. The van der Waals surface area contributed by atoms with Gasteiger partial charge in [-0.05, 0) is 31.9 Å². The first kappa shape index (κ1) is 12.0. The lowest BCUT2D eigenvalue weighted by Crippen LogP contribution is -2.41. The fourth-order valence-electron chi connectivity index (χ4n) is 3.26. The van der Waals surface area contributed by atoms with Gasteiger partial charge in [-0.3, -0.25) is 0 Å². The molecule has 98 valence electrons. The third-order valence-electron chi connectivity index (χ3n) is 4.29. The van der Waals surface area contributed by atoms with Gasteiger partial charge in [0.25, 0.3) is 0 Å². The van der Waals surface area contributed by atoms with E-state index in [1.165, 1.54) is 31.2 Å². The number of hydrogen-bond donors (Lipinski definition) is 0. The van der Waals surface area contributed by atoms with Crippen LogP contribution in [0.2, 0.25) is 0 Å². The topological polar surface area (TPSA) is 18.5 Å². The Labute approximate surface area is 109 Å². The summed E-state index contributed by atoms with van der Waals surface area (Å²) in [4.78, 5) is 0. The van der Waals surface area contributed by atoms with Gasteiger partial charge in [0.15, 0.2) is 0 Å². The molecule has 2 fully saturated rings. The highest BCUT2D eigenvalue weighted by molar-refractivity contribution is 5.26. The summed E-state index contributed by atoms with van der Waals surface area (Å²) < 4.78 is 12.2. The number of benzene rings is 1. The predicted molar refractivity (Wildman–Crippen MR) is 72.0 cm³/mol. The second-order valence-electron chi connectivity index (χ2n) is 5.78. The van der Waals surface area contributed by atoms with Crippen LogP contribution in [0.1, 0.15) is 44.1 Å². The van der Waals surface area contributed by atoms with Crippen LogP contribution in [0.5, 0.6) is 5.75 Å². The van der Waals surface area contributed by atoms with E-state index in [0.29, 0.717) is 6.10 Å². The Morgan fingerprint density at radius 3 is 2.61 bits per heavy atom. The maximum Gasteiger partial charge on any atom is 0.119 e. The maximum atomic E-state index is 6.12. The van der Waals surface area contributed by atoms with Crippen molar-refractivity contribution < 1.29 is 9.47 Å². The minimum absolute atomic E-state index is 0.146. The van der Waals surface area contributed by atoms with E-state index in [0.717, 1.165) is 25.2 Å². The Balaban J connectivity index is 1.64. The SMILES string of the molecule is Cc1ccc(OC2CCOC3(CCCC3)C2)cc1. The Bertz CT molecular complexity index is 390. The van der Waals surface area contributed by atoms with Gasteiger partial charge in [0.05, 0.1) is 12.2 Å². The minimum atomic E-state index is 0.146. The van der Waals surface area contributed by atoms with E-state index in [2.05, 4.69) is 31.2 Å². The standard InChI is InChI=1S/C16H22O2/c1-13-4-6-14(7-5-13)18-15-8-11-17-16(12-15)9-2-3-10-16/h4-7,15H,2-3,8-12H2,1H3. The molecule has 3 rings (SSSR count). The molecule has 1 saturated heterocycles. The van der Waals surface area contributed by atoms with Crippen molar-refractivity contribution in [3.63, 3.8) is 0 Å². The Morgan fingerprint density at radius 2 is 1.89 bits per heavy atom. The van der Waals surface area contributed by atoms with E-state index in [1.54, 1.807) is 0 Å². The number of ether oxygens (including phenoxy) is 2. The van der Waals surface area contributed by atoms with Gasteiger partial charge >= 0.3 is 0 Å². The third-order valence-corrected chi connectivity index (χ3v) is 4.29. The van der Waals surface area contributed by atoms with E-state index >= 15 is 0 Å². The molecule has 0 aromatic heterocycles. The summed E-state index contributed by atoms with van der Waals surface area (Å²) in [6.07, 6.45) is 7.51. The largest absolute Gasteiger partial charge is 0.490 e. The van der Waals surface area contributed by atoms with Crippen LogP contribution in [0.25, 0.3) is 0 Å². The summed E-state index contributed by atoms with van der Waals surface area (Å²) in [5.41, 5.74) is 1.43. The molecule has 0 N–H and O–H groups in total. The summed E-state index contributed by atoms with van der Waals surface area (Å²) >= 11 is 0. The Morgan fingerprint density at radius 1 is 1.17 bits per heavy atom. The monoisotopic (exact) mass is 246 g/mol. The molecule has 2 heteroatoms. The van der Waals surface area contributed by atoms with Crippen molar-refractivity contribution in [3.8, 4) is 5.75 Å². The first-order valence-corrected chi connectivity index (χ1v) is 7.13. The lowest BCUT2D eigenvalue weighted by Gasteiger charge is -2.38. The van der Waals surface area contributed by atoms with Gasteiger partial charge in [0, 0.05) is 12.8 Å². The quantitative estimate of drug-likeness (QED) is 0.788. The van der Waals surface area contributed by atoms with Crippen molar-refractivity contribution in [1.29, 1.82) is 0 Å². The first-order chi connectivity index (χ1) is 8.76. The molecule has 2 aliphatic rings.